The first-order chi connectivity index (χ1) is 10.7. The topological polar surface area (TPSA) is 107 Å². The number of fused-ring (bicyclic) bond motifs is 3. The Morgan fingerprint density at radius 1 is 1.30 bits per heavy atom. The van der Waals surface area contributed by atoms with Gasteiger partial charge in [0.05, 0.1) is 21.4 Å². The van der Waals surface area contributed by atoms with Gasteiger partial charge in [-0.15, -0.1) is 0 Å². The van der Waals surface area contributed by atoms with Gasteiger partial charge in [0.1, 0.15) is 0 Å². The van der Waals surface area contributed by atoms with Gasteiger partial charge in [-0.1, -0.05) is 0 Å². The third kappa shape index (κ3) is 2.01. The Bertz CT molecular complexity index is 1080. The van der Waals surface area contributed by atoms with Crippen LogP contribution in [-0.4, -0.2) is 49.3 Å². The highest BCUT2D eigenvalue weighted by Gasteiger charge is 2.52. The lowest BCUT2D eigenvalue weighted by atomic mass is 10.3. The molecule has 0 radical (unpaired) electrons. The number of nitrogens with zero attached hydrogens (tertiary/aromatic N) is 2. The molecular formula is C13H14N2O6S2. The van der Waals surface area contributed by atoms with Crippen LogP contribution in [0.5, 0.6) is 0 Å². The molecule has 4 rings (SSSR count). The molecule has 0 aliphatic carbocycles. The van der Waals surface area contributed by atoms with Gasteiger partial charge in [-0.2, -0.15) is 4.31 Å². The van der Waals surface area contributed by atoms with Crippen LogP contribution >= 0.6 is 0 Å². The second-order valence-electron chi connectivity index (χ2n) is 5.97. The van der Waals surface area contributed by atoms with Crippen molar-refractivity contribution in [1.82, 2.24) is 8.87 Å². The quantitative estimate of drug-likeness (QED) is 0.729. The number of sulfonamides is 1. The first kappa shape index (κ1) is 14.9. The molecule has 1 aromatic heterocycles. The summed E-state index contributed by atoms with van der Waals surface area (Å²) < 4.78 is 56.7. The molecule has 0 spiro atoms. The summed E-state index contributed by atoms with van der Waals surface area (Å²) in [7, 11) is -5.48. The number of aryl methyl sites for hydroxylation is 1. The van der Waals surface area contributed by atoms with Gasteiger partial charge in [0.2, 0.25) is 10.0 Å². The van der Waals surface area contributed by atoms with Crippen molar-refractivity contribution in [3.8, 4) is 0 Å². The van der Waals surface area contributed by atoms with E-state index < -0.39 is 36.9 Å². The number of rotatable bonds is 2. The highest BCUT2D eigenvalue weighted by atomic mass is 32.2. The second kappa shape index (κ2) is 4.46. The number of oxazole rings is 1. The predicted molar refractivity (Wildman–Crippen MR) is 81.3 cm³/mol. The Morgan fingerprint density at radius 2 is 2.04 bits per heavy atom. The summed E-state index contributed by atoms with van der Waals surface area (Å²) in [6.45, 7) is -0.00229. The molecule has 1 aromatic carbocycles. The third-order valence-electron chi connectivity index (χ3n) is 4.63. The highest BCUT2D eigenvalue weighted by molar-refractivity contribution is 7.93. The van der Waals surface area contributed by atoms with Gasteiger partial charge in [0.15, 0.2) is 15.4 Å². The molecule has 2 saturated heterocycles. The molecule has 2 aromatic rings. The Kier molecular flexibility index (Phi) is 2.89. The second-order valence-corrected chi connectivity index (χ2v) is 10.2. The zero-order chi connectivity index (χ0) is 16.6. The molecule has 2 aliphatic heterocycles. The maximum atomic E-state index is 12.8. The summed E-state index contributed by atoms with van der Waals surface area (Å²) >= 11 is 0. The van der Waals surface area contributed by atoms with Crippen LogP contribution < -0.4 is 5.76 Å². The molecule has 2 unspecified atom stereocenters. The third-order valence-corrected chi connectivity index (χ3v) is 8.75. The van der Waals surface area contributed by atoms with E-state index in [9.17, 15) is 21.6 Å². The van der Waals surface area contributed by atoms with Crippen LogP contribution in [0.3, 0.4) is 0 Å². The summed E-state index contributed by atoms with van der Waals surface area (Å²) in [5.41, 5.74) is 0.690. The lowest BCUT2D eigenvalue weighted by Gasteiger charge is -2.26. The van der Waals surface area contributed by atoms with Crippen LogP contribution in [0.15, 0.2) is 32.3 Å². The van der Waals surface area contributed by atoms with Crippen LogP contribution in [0.25, 0.3) is 11.1 Å². The molecule has 2 fully saturated rings. The fourth-order valence-corrected chi connectivity index (χ4v) is 7.27. The van der Waals surface area contributed by atoms with Crippen LogP contribution in [0.4, 0.5) is 0 Å². The lowest BCUT2D eigenvalue weighted by molar-refractivity contribution is 0.402. The molecule has 10 heteroatoms. The van der Waals surface area contributed by atoms with Gasteiger partial charge >= 0.3 is 5.76 Å². The molecule has 8 nitrogen and oxygen atoms in total. The molecule has 0 N–H and O–H groups in total. The minimum absolute atomic E-state index is 0.00229. The number of benzene rings is 1. The number of aromatic nitrogens is 1. The van der Waals surface area contributed by atoms with Crippen molar-refractivity contribution in [3.05, 3.63) is 28.7 Å². The molecule has 0 saturated carbocycles. The molecule has 2 bridgehead atoms. The molecule has 0 amide bonds. The lowest BCUT2D eigenvalue weighted by Crippen LogP contribution is -2.43. The van der Waals surface area contributed by atoms with Crippen LogP contribution in [0, 0.1) is 0 Å². The van der Waals surface area contributed by atoms with Gasteiger partial charge in [0.25, 0.3) is 0 Å². The first-order valence-electron chi connectivity index (χ1n) is 7.03. The summed E-state index contributed by atoms with van der Waals surface area (Å²) in [5.74, 6) is -0.690. The fraction of sp³-hybridized carbons (Fsp3) is 0.462. The van der Waals surface area contributed by atoms with Gasteiger partial charge in [0, 0.05) is 19.6 Å². The van der Waals surface area contributed by atoms with E-state index >= 15 is 0 Å². The number of hydrogen-bond acceptors (Lipinski definition) is 6. The van der Waals surface area contributed by atoms with Gasteiger partial charge < -0.3 is 4.42 Å². The maximum Gasteiger partial charge on any atom is 0.419 e. The monoisotopic (exact) mass is 358 g/mol. The van der Waals surface area contributed by atoms with Crippen molar-refractivity contribution in [2.45, 2.75) is 22.6 Å². The van der Waals surface area contributed by atoms with E-state index in [-0.39, 0.29) is 17.2 Å². The molecule has 124 valence electrons. The standard InChI is InChI=1S/C13H14N2O6S2/c1-14-11-5-9(2-3-12(11)21-13(14)16)23(19,20)15-6-10-4-8(15)7-22(10,17)18/h2-3,5,8,10H,4,6-7H2,1H3. The van der Waals surface area contributed by atoms with E-state index in [0.29, 0.717) is 17.5 Å². The highest BCUT2D eigenvalue weighted by Crippen LogP contribution is 2.37. The molecular weight excluding hydrogens is 344 g/mol. The first-order valence-corrected chi connectivity index (χ1v) is 10.2. The molecule has 2 atom stereocenters. The van der Waals surface area contributed by atoms with Crippen LogP contribution in [0.1, 0.15) is 6.42 Å². The summed E-state index contributed by atoms with van der Waals surface area (Å²) in [5, 5.41) is -0.607. The van der Waals surface area contributed by atoms with Gasteiger partial charge in [-0.25, -0.2) is 21.6 Å². The van der Waals surface area contributed by atoms with E-state index in [0.717, 1.165) is 0 Å². The van der Waals surface area contributed by atoms with Crippen molar-refractivity contribution < 1.29 is 21.3 Å². The average molecular weight is 358 g/mol. The van der Waals surface area contributed by atoms with Crippen molar-refractivity contribution in [3.63, 3.8) is 0 Å². The predicted octanol–water partition coefficient (Wildman–Crippen LogP) is -0.308. The number of hydrogen-bond donors (Lipinski definition) is 0. The number of sulfone groups is 1. The van der Waals surface area contributed by atoms with E-state index in [1.54, 1.807) is 0 Å². The minimum Gasteiger partial charge on any atom is -0.408 e. The largest absolute Gasteiger partial charge is 0.419 e. The molecule has 3 heterocycles. The van der Waals surface area contributed by atoms with Crippen LogP contribution in [-0.2, 0) is 26.9 Å². The average Bonchev–Trinajstić information content (AvgIpc) is 3.10. The Hall–Kier alpha value is -1.65. The SMILES string of the molecule is Cn1c(=O)oc2ccc(S(=O)(=O)N3CC4CC3CS4(=O)=O)cc21. The minimum atomic E-state index is -3.81. The zero-order valence-electron chi connectivity index (χ0n) is 12.2. The normalized spacial score (nSPS) is 27.0. The zero-order valence-corrected chi connectivity index (χ0v) is 13.8. The van der Waals surface area contributed by atoms with Crippen molar-refractivity contribution in [1.29, 1.82) is 0 Å². The summed E-state index contributed by atoms with van der Waals surface area (Å²) in [6, 6.07) is 3.70. The van der Waals surface area contributed by atoms with E-state index in [2.05, 4.69) is 0 Å². The smallest absolute Gasteiger partial charge is 0.408 e. The molecule has 23 heavy (non-hydrogen) atoms. The van der Waals surface area contributed by atoms with Crippen molar-refractivity contribution in [2.24, 2.45) is 7.05 Å². The maximum absolute atomic E-state index is 12.8. The van der Waals surface area contributed by atoms with Crippen molar-refractivity contribution in [2.75, 3.05) is 12.3 Å². The van der Waals surface area contributed by atoms with Crippen molar-refractivity contribution >= 4 is 31.0 Å². The Morgan fingerprint density at radius 3 is 2.65 bits per heavy atom. The van der Waals surface area contributed by atoms with Crippen LogP contribution in [0.2, 0.25) is 0 Å². The van der Waals surface area contributed by atoms with Gasteiger partial charge in [-0.05, 0) is 24.6 Å². The summed E-state index contributed by atoms with van der Waals surface area (Å²) in [4.78, 5) is 11.5. The Labute approximate surface area is 132 Å². The summed E-state index contributed by atoms with van der Waals surface area (Å²) in [6.07, 6.45) is 0.355. The van der Waals surface area contributed by atoms with Gasteiger partial charge in [-0.3, -0.25) is 4.57 Å². The van der Waals surface area contributed by atoms with E-state index in [4.69, 9.17) is 4.42 Å². The fourth-order valence-electron chi connectivity index (χ4n) is 3.36. The Balaban J connectivity index is 1.78. The van der Waals surface area contributed by atoms with E-state index in [1.165, 1.54) is 34.1 Å². The molecule has 2 aliphatic rings. The van der Waals surface area contributed by atoms with E-state index in [1.807, 2.05) is 0 Å².